The van der Waals surface area contributed by atoms with Crippen LogP contribution in [0, 0.1) is 0 Å². The molecular weight excluding hydrogens is 410 g/mol. The quantitative estimate of drug-likeness (QED) is 0.319. The van der Waals surface area contributed by atoms with Crippen LogP contribution in [0.5, 0.6) is 5.75 Å². The normalized spacial score (nSPS) is 11.2. The smallest absolute Gasteiger partial charge is 0.198 e. The van der Waals surface area contributed by atoms with E-state index in [4.69, 9.17) is 20.8 Å². The Bertz CT molecular complexity index is 1180. The minimum Gasteiger partial charge on any atom is -0.497 e. The van der Waals surface area contributed by atoms with Gasteiger partial charge in [-0.05, 0) is 35.9 Å². The van der Waals surface area contributed by atoms with Crippen LogP contribution < -0.4 is 10.2 Å². The molecule has 0 aliphatic carbocycles. The molecule has 29 heavy (non-hydrogen) atoms. The number of anilines is 1. The third kappa shape index (κ3) is 3.72. The molecule has 2 aromatic heterocycles. The summed E-state index contributed by atoms with van der Waals surface area (Å²) in [5.41, 5.74) is 6.00. The summed E-state index contributed by atoms with van der Waals surface area (Å²) in [6.07, 6.45) is 0.799. The fourth-order valence-corrected chi connectivity index (χ4v) is 4.07. The molecule has 8 heteroatoms. The van der Waals surface area contributed by atoms with Crippen LogP contribution in [-0.4, -0.2) is 37.5 Å². The number of hydrazine groups is 1. The number of carbonyl (C=O) groups is 1. The summed E-state index contributed by atoms with van der Waals surface area (Å²) in [6.45, 7) is 0. The summed E-state index contributed by atoms with van der Waals surface area (Å²) in [4.78, 5) is 16.9. The van der Waals surface area contributed by atoms with Gasteiger partial charge in [-0.25, -0.2) is 9.99 Å². The Morgan fingerprint density at radius 3 is 2.62 bits per heavy atom. The Morgan fingerprint density at radius 2 is 1.97 bits per heavy atom. The lowest BCUT2D eigenvalue weighted by Crippen LogP contribution is -2.19. The molecule has 0 spiro atoms. The van der Waals surface area contributed by atoms with Gasteiger partial charge in [0.2, 0.25) is 0 Å². The number of aromatic nitrogens is 1. The highest BCUT2D eigenvalue weighted by molar-refractivity contribution is 7.17. The number of thiazole rings is 1. The average molecular weight is 428 g/mol. The van der Waals surface area contributed by atoms with Crippen LogP contribution in [0.4, 0.5) is 5.13 Å². The zero-order valence-corrected chi connectivity index (χ0v) is 17.6. The van der Waals surface area contributed by atoms with Crippen LogP contribution in [0.25, 0.3) is 33.6 Å². The zero-order chi connectivity index (χ0) is 20.5. The second-order valence-corrected chi connectivity index (χ2v) is 8.00. The maximum Gasteiger partial charge on any atom is 0.198 e. The SMILES string of the molecule is COc1ccc2oc(-c3nc(NN(C)C)sc3C=O)c(-c3ccc(Cl)cc3)c2c1. The molecule has 0 aliphatic rings. The second-order valence-electron chi connectivity index (χ2n) is 6.53. The van der Waals surface area contributed by atoms with E-state index in [1.807, 2.05) is 56.6 Å². The van der Waals surface area contributed by atoms with Crippen LogP contribution in [0.2, 0.25) is 5.02 Å². The Morgan fingerprint density at radius 1 is 1.21 bits per heavy atom. The molecule has 0 saturated heterocycles. The first-order valence-electron chi connectivity index (χ1n) is 8.77. The Labute approximate surface area is 176 Å². The Hall–Kier alpha value is -2.87. The average Bonchev–Trinajstić information content (AvgIpc) is 3.28. The van der Waals surface area contributed by atoms with E-state index in [9.17, 15) is 4.79 Å². The number of benzene rings is 2. The number of nitrogens with zero attached hydrogens (tertiary/aromatic N) is 2. The van der Waals surface area contributed by atoms with Gasteiger partial charge in [-0.1, -0.05) is 35.1 Å². The molecule has 4 aromatic rings. The van der Waals surface area contributed by atoms with Crippen molar-refractivity contribution in [2.45, 2.75) is 0 Å². The van der Waals surface area contributed by atoms with Gasteiger partial charge in [-0.2, -0.15) is 0 Å². The number of furan rings is 1. The molecule has 0 radical (unpaired) electrons. The van der Waals surface area contributed by atoms with Gasteiger partial charge in [0.1, 0.15) is 21.9 Å². The molecule has 6 nitrogen and oxygen atoms in total. The van der Waals surface area contributed by atoms with Crippen molar-refractivity contribution in [3.05, 3.63) is 52.4 Å². The number of aldehydes is 1. The van der Waals surface area contributed by atoms with Crippen LogP contribution >= 0.6 is 22.9 Å². The van der Waals surface area contributed by atoms with Crippen LogP contribution in [0.1, 0.15) is 9.67 Å². The number of rotatable bonds is 6. The number of halogens is 1. The number of carbonyl (C=O) groups excluding carboxylic acids is 1. The summed E-state index contributed by atoms with van der Waals surface area (Å²) in [5, 5.41) is 3.88. The van der Waals surface area contributed by atoms with Crippen molar-refractivity contribution in [3.8, 4) is 28.3 Å². The molecule has 0 bridgehead atoms. The lowest BCUT2D eigenvalue weighted by atomic mass is 10.0. The van der Waals surface area contributed by atoms with Crippen LogP contribution in [0.15, 0.2) is 46.9 Å². The summed E-state index contributed by atoms with van der Waals surface area (Å²) in [7, 11) is 5.33. The fraction of sp³-hybridized carbons (Fsp3) is 0.143. The van der Waals surface area contributed by atoms with Gasteiger partial charge in [-0.15, -0.1) is 0 Å². The fourth-order valence-electron chi connectivity index (χ4n) is 3.09. The first-order chi connectivity index (χ1) is 14.0. The third-order valence-corrected chi connectivity index (χ3v) is 5.46. The van der Waals surface area contributed by atoms with Gasteiger partial charge in [0.05, 0.1) is 7.11 Å². The van der Waals surface area contributed by atoms with Crippen LogP contribution in [0.3, 0.4) is 0 Å². The molecule has 0 fully saturated rings. The molecule has 0 amide bonds. The van der Waals surface area contributed by atoms with Crippen molar-refractivity contribution < 1.29 is 13.9 Å². The summed E-state index contributed by atoms with van der Waals surface area (Å²) >= 11 is 7.35. The standard InChI is InChI=1S/C21H18ClN3O3S/c1-25(2)24-21-23-19(17(11-26)29-21)20-18(12-4-6-13(22)7-5-12)15-10-14(27-3)8-9-16(15)28-20/h4-11H,1-3H3,(H,23,24). The molecule has 2 heterocycles. The molecule has 1 N–H and O–H groups in total. The van der Waals surface area contributed by atoms with Crippen molar-refractivity contribution in [2.75, 3.05) is 26.6 Å². The topological polar surface area (TPSA) is 67.6 Å². The maximum absolute atomic E-state index is 11.8. The van der Waals surface area contributed by atoms with E-state index >= 15 is 0 Å². The zero-order valence-electron chi connectivity index (χ0n) is 16.0. The highest BCUT2D eigenvalue weighted by Gasteiger charge is 2.24. The molecular formula is C21H18ClN3O3S. The van der Waals surface area contributed by atoms with E-state index < -0.39 is 0 Å². The molecule has 0 unspecified atom stereocenters. The third-order valence-electron chi connectivity index (χ3n) is 4.32. The number of hydrogen-bond donors (Lipinski definition) is 1. The van der Waals surface area contributed by atoms with Gasteiger partial charge in [0.25, 0.3) is 0 Å². The van der Waals surface area contributed by atoms with Crippen molar-refractivity contribution in [1.82, 2.24) is 9.99 Å². The van der Waals surface area contributed by atoms with Gasteiger partial charge in [0.15, 0.2) is 17.2 Å². The van der Waals surface area contributed by atoms with E-state index in [1.54, 1.807) is 12.1 Å². The second kappa shape index (κ2) is 7.87. The van der Waals surface area contributed by atoms with Crippen molar-refractivity contribution in [3.63, 3.8) is 0 Å². The van der Waals surface area contributed by atoms with E-state index in [0.717, 1.165) is 22.8 Å². The predicted molar refractivity (Wildman–Crippen MR) is 117 cm³/mol. The summed E-state index contributed by atoms with van der Waals surface area (Å²) < 4.78 is 11.6. The van der Waals surface area contributed by atoms with E-state index in [1.165, 1.54) is 11.3 Å². The Balaban J connectivity index is 1.99. The van der Waals surface area contributed by atoms with Gasteiger partial charge in [0, 0.05) is 30.1 Å². The van der Waals surface area contributed by atoms with Crippen molar-refractivity contribution in [2.24, 2.45) is 0 Å². The molecule has 2 aromatic carbocycles. The minimum atomic E-state index is 0.482. The minimum absolute atomic E-state index is 0.482. The van der Waals surface area contributed by atoms with Gasteiger partial charge < -0.3 is 9.15 Å². The molecule has 0 atom stereocenters. The molecule has 4 rings (SSSR count). The highest BCUT2D eigenvalue weighted by atomic mass is 35.5. The lowest BCUT2D eigenvalue weighted by Gasteiger charge is -2.09. The number of methoxy groups -OCH3 is 1. The van der Waals surface area contributed by atoms with Gasteiger partial charge >= 0.3 is 0 Å². The largest absolute Gasteiger partial charge is 0.497 e. The number of ether oxygens (including phenoxy) is 1. The Kier molecular flexibility index (Phi) is 5.27. The monoisotopic (exact) mass is 427 g/mol. The predicted octanol–water partition coefficient (Wildman–Crippen LogP) is 5.59. The van der Waals surface area contributed by atoms with E-state index in [0.29, 0.717) is 37.8 Å². The van der Waals surface area contributed by atoms with Crippen LogP contribution in [-0.2, 0) is 0 Å². The number of hydrogen-bond acceptors (Lipinski definition) is 7. The first kappa shape index (κ1) is 19.4. The number of fused-ring (bicyclic) bond motifs is 1. The molecule has 0 aliphatic heterocycles. The first-order valence-corrected chi connectivity index (χ1v) is 9.96. The summed E-state index contributed by atoms with van der Waals surface area (Å²) in [6, 6.07) is 13.1. The maximum atomic E-state index is 11.8. The van der Waals surface area contributed by atoms with Gasteiger partial charge in [-0.3, -0.25) is 10.2 Å². The van der Waals surface area contributed by atoms with E-state index in [-0.39, 0.29) is 0 Å². The summed E-state index contributed by atoms with van der Waals surface area (Å²) in [5.74, 6) is 1.24. The number of nitrogens with one attached hydrogen (secondary N) is 1. The highest BCUT2D eigenvalue weighted by Crippen LogP contribution is 2.44. The van der Waals surface area contributed by atoms with Crippen molar-refractivity contribution in [1.29, 1.82) is 0 Å². The lowest BCUT2D eigenvalue weighted by molar-refractivity contribution is 0.112. The van der Waals surface area contributed by atoms with Crippen molar-refractivity contribution >= 4 is 45.3 Å². The molecule has 0 saturated carbocycles. The van der Waals surface area contributed by atoms with E-state index in [2.05, 4.69) is 10.4 Å². The molecule has 148 valence electrons.